The van der Waals surface area contributed by atoms with Crippen molar-refractivity contribution in [1.82, 2.24) is 15.0 Å². The lowest BCUT2D eigenvalue weighted by molar-refractivity contribution is 0.101. The lowest BCUT2D eigenvalue weighted by Gasteiger charge is -2.12. The number of carbonyl (C=O) groups excluding carboxylic acids is 2. The van der Waals surface area contributed by atoms with Crippen molar-refractivity contribution >= 4 is 39.9 Å². The number of fused-ring (bicyclic) bond motifs is 1. The van der Waals surface area contributed by atoms with Crippen molar-refractivity contribution in [3.8, 4) is 0 Å². The summed E-state index contributed by atoms with van der Waals surface area (Å²) in [5, 5.41) is 9.81. The first kappa shape index (κ1) is 20.1. The summed E-state index contributed by atoms with van der Waals surface area (Å²) in [7, 11) is 0. The van der Waals surface area contributed by atoms with Crippen molar-refractivity contribution in [3.63, 3.8) is 0 Å². The molecule has 0 unspecified atom stereocenters. The largest absolute Gasteiger partial charge is 0.380 e. The van der Waals surface area contributed by atoms with Gasteiger partial charge in [0.05, 0.1) is 29.5 Å². The van der Waals surface area contributed by atoms with Crippen LogP contribution in [0.25, 0.3) is 11.0 Å². The van der Waals surface area contributed by atoms with Gasteiger partial charge in [0.15, 0.2) is 5.78 Å². The smallest absolute Gasteiger partial charge is 0.323 e. The summed E-state index contributed by atoms with van der Waals surface area (Å²) < 4.78 is 0. The lowest BCUT2D eigenvalue weighted by atomic mass is 10.1. The van der Waals surface area contributed by atoms with Gasteiger partial charge in [-0.25, -0.2) is 9.78 Å². The molecule has 0 spiro atoms. The molecule has 2 amide bonds. The van der Waals surface area contributed by atoms with E-state index in [4.69, 9.17) is 0 Å². The van der Waals surface area contributed by atoms with Crippen LogP contribution < -0.4 is 16.0 Å². The molecule has 8 heteroatoms. The number of benzene rings is 1. The minimum Gasteiger partial charge on any atom is -0.380 e. The molecule has 0 saturated heterocycles. The molecule has 4 rings (SSSR count). The second-order valence-electron chi connectivity index (χ2n) is 7.22. The molecule has 0 aliphatic rings. The highest BCUT2D eigenvalue weighted by atomic mass is 16.2. The van der Waals surface area contributed by atoms with Gasteiger partial charge in [-0.05, 0) is 54.4 Å². The topological polar surface area (TPSA) is 112 Å². The molecule has 31 heavy (non-hydrogen) atoms. The molecule has 0 aliphatic carbocycles. The highest BCUT2D eigenvalue weighted by molar-refractivity contribution is 5.99. The fourth-order valence-corrected chi connectivity index (χ4v) is 3.17. The number of Topliss-reactive ketones (excluding diaryl/α,β-unsaturated/α-hetero) is 1. The zero-order valence-corrected chi connectivity index (χ0v) is 17.2. The second-order valence-corrected chi connectivity index (χ2v) is 7.22. The van der Waals surface area contributed by atoms with Gasteiger partial charge in [-0.1, -0.05) is 6.07 Å². The molecule has 3 aromatic heterocycles. The van der Waals surface area contributed by atoms with E-state index in [1.165, 1.54) is 6.92 Å². The predicted molar refractivity (Wildman–Crippen MR) is 121 cm³/mol. The number of hydrogen-bond donors (Lipinski definition) is 4. The maximum absolute atomic E-state index is 12.2. The summed E-state index contributed by atoms with van der Waals surface area (Å²) in [5.41, 5.74) is 5.51. The summed E-state index contributed by atoms with van der Waals surface area (Å²) in [6.07, 6.45) is 4.95. The van der Waals surface area contributed by atoms with E-state index in [1.807, 2.05) is 31.2 Å². The predicted octanol–water partition coefficient (Wildman–Crippen LogP) is 4.73. The Balaban J connectivity index is 1.43. The van der Waals surface area contributed by atoms with Gasteiger partial charge in [-0.3, -0.25) is 9.78 Å². The van der Waals surface area contributed by atoms with E-state index in [1.54, 1.807) is 36.8 Å². The monoisotopic (exact) mass is 414 g/mol. The zero-order chi connectivity index (χ0) is 21.8. The highest BCUT2D eigenvalue weighted by Crippen LogP contribution is 2.21. The standard InChI is InChI=1S/C23H22N6O2/c1-14-5-6-18(27-23(31)28-19-4-3-7-24-12-19)9-17(14)11-25-20-8-16-10-21(15(2)30)29-22(16)26-13-20/h3-10,12-13,25H,11H2,1-2H3,(H,26,29)(H2,27,28,31). The van der Waals surface area contributed by atoms with Crippen LogP contribution in [-0.4, -0.2) is 26.8 Å². The molecule has 0 saturated carbocycles. The zero-order valence-electron chi connectivity index (χ0n) is 17.2. The molecule has 0 bridgehead atoms. The second kappa shape index (κ2) is 8.66. The molecule has 0 aliphatic heterocycles. The number of nitrogens with zero attached hydrogens (tertiary/aromatic N) is 2. The maximum Gasteiger partial charge on any atom is 0.323 e. The van der Waals surface area contributed by atoms with Crippen molar-refractivity contribution < 1.29 is 9.59 Å². The SMILES string of the molecule is CC(=O)c1cc2cc(NCc3cc(NC(=O)Nc4cccnc4)ccc3C)cnc2[nH]1. The molecule has 0 atom stereocenters. The normalized spacial score (nSPS) is 10.6. The Bertz CT molecular complexity index is 1250. The van der Waals surface area contributed by atoms with Crippen LogP contribution in [0.2, 0.25) is 0 Å². The van der Waals surface area contributed by atoms with Crippen LogP contribution in [-0.2, 0) is 6.54 Å². The van der Waals surface area contributed by atoms with Crippen LogP contribution >= 0.6 is 0 Å². The molecule has 8 nitrogen and oxygen atoms in total. The third-order valence-corrected chi connectivity index (χ3v) is 4.86. The van der Waals surface area contributed by atoms with E-state index >= 15 is 0 Å². The molecular weight excluding hydrogens is 392 g/mol. The van der Waals surface area contributed by atoms with E-state index in [0.29, 0.717) is 29.3 Å². The number of aromatic nitrogens is 3. The molecule has 1 aromatic carbocycles. The fourth-order valence-electron chi connectivity index (χ4n) is 3.17. The minimum absolute atomic E-state index is 0.0278. The number of ketones is 1. The van der Waals surface area contributed by atoms with Gasteiger partial charge in [-0.2, -0.15) is 0 Å². The Kier molecular flexibility index (Phi) is 5.61. The van der Waals surface area contributed by atoms with Crippen molar-refractivity contribution in [2.24, 2.45) is 0 Å². The summed E-state index contributed by atoms with van der Waals surface area (Å²) in [5.74, 6) is -0.0278. The highest BCUT2D eigenvalue weighted by Gasteiger charge is 2.08. The number of nitrogens with one attached hydrogen (secondary N) is 4. The van der Waals surface area contributed by atoms with E-state index in [2.05, 4.69) is 30.9 Å². The van der Waals surface area contributed by atoms with Crippen LogP contribution in [0.15, 0.2) is 61.1 Å². The average Bonchev–Trinajstić information content (AvgIpc) is 3.18. The molecule has 0 radical (unpaired) electrons. The van der Waals surface area contributed by atoms with Crippen LogP contribution in [0.1, 0.15) is 28.5 Å². The Morgan fingerprint density at radius 1 is 1.00 bits per heavy atom. The molecule has 0 fully saturated rings. The van der Waals surface area contributed by atoms with E-state index in [-0.39, 0.29) is 11.8 Å². The minimum atomic E-state index is -0.334. The van der Waals surface area contributed by atoms with Gasteiger partial charge >= 0.3 is 6.03 Å². The fraction of sp³-hybridized carbons (Fsp3) is 0.130. The van der Waals surface area contributed by atoms with Gasteiger partial charge in [0, 0.05) is 30.7 Å². The number of urea groups is 1. The van der Waals surface area contributed by atoms with E-state index in [9.17, 15) is 9.59 Å². The number of carbonyl (C=O) groups is 2. The van der Waals surface area contributed by atoms with E-state index in [0.717, 1.165) is 22.2 Å². The molecule has 156 valence electrons. The van der Waals surface area contributed by atoms with Crippen molar-refractivity contribution in [3.05, 3.63) is 77.9 Å². The first-order valence-corrected chi connectivity index (χ1v) is 9.79. The van der Waals surface area contributed by atoms with Gasteiger partial charge in [-0.15, -0.1) is 0 Å². The number of H-pyrrole nitrogens is 1. The number of anilines is 3. The number of amides is 2. The number of aromatic amines is 1. The van der Waals surface area contributed by atoms with Crippen LogP contribution in [0, 0.1) is 6.92 Å². The molecule has 3 heterocycles. The number of pyridine rings is 2. The van der Waals surface area contributed by atoms with Gasteiger partial charge < -0.3 is 20.9 Å². The molecule has 4 N–H and O–H groups in total. The number of rotatable bonds is 6. The van der Waals surface area contributed by atoms with Crippen LogP contribution in [0.5, 0.6) is 0 Å². The Hall–Kier alpha value is -4.20. The van der Waals surface area contributed by atoms with Gasteiger partial charge in [0.25, 0.3) is 0 Å². The molecular formula is C23H22N6O2. The third-order valence-electron chi connectivity index (χ3n) is 4.86. The van der Waals surface area contributed by atoms with E-state index < -0.39 is 0 Å². The maximum atomic E-state index is 12.2. The summed E-state index contributed by atoms with van der Waals surface area (Å²) >= 11 is 0. The first-order chi connectivity index (χ1) is 15.0. The lowest BCUT2D eigenvalue weighted by Crippen LogP contribution is -2.19. The third kappa shape index (κ3) is 4.87. The van der Waals surface area contributed by atoms with Crippen molar-refractivity contribution in [2.45, 2.75) is 20.4 Å². The van der Waals surface area contributed by atoms with Crippen molar-refractivity contribution in [1.29, 1.82) is 0 Å². The number of aryl methyl sites for hydroxylation is 1. The average molecular weight is 414 g/mol. The van der Waals surface area contributed by atoms with Crippen LogP contribution in [0.3, 0.4) is 0 Å². The quantitative estimate of drug-likeness (QED) is 0.341. The summed E-state index contributed by atoms with van der Waals surface area (Å²) in [4.78, 5) is 35.1. The Morgan fingerprint density at radius 3 is 2.61 bits per heavy atom. The van der Waals surface area contributed by atoms with Crippen LogP contribution in [0.4, 0.5) is 21.9 Å². The summed E-state index contributed by atoms with van der Waals surface area (Å²) in [6.45, 7) is 4.09. The molecule has 4 aromatic rings. The van der Waals surface area contributed by atoms with Gasteiger partial charge in [0.1, 0.15) is 5.65 Å². The summed E-state index contributed by atoms with van der Waals surface area (Å²) in [6, 6.07) is 12.7. The number of hydrogen-bond acceptors (Lipinski definition) is 5. The van der Waals surface area contributed by atoms with Gasteiger partial charge in [0.2, 0.25) is 0 Å². The van der Waals surface area contributed by atoms with Crippen molar-refractivity contribution in [2.75, 3.05) is 16.0 Å². The Labute approximate surface area is 179 Å². The first-order valence-electron chi connectivity index (χ1n) is 9.79. The Morgan fingerprint density at radius 2 is 1.84 bits per heavy atom.